The fourth-order valence-corrected chi connectivity index (χ4v) is 3.54. The predicted octanol–water partition coefficient (Wildman–Crippen LogP) is 2.30. The van der Waals surface area contributed by atoms with Gasteiger partial charge in [0.25, 0.3) is 5.91 Å². The van der Waals surface area contributed by atoms with E-state index in [1.807, 2.05) is 0 Å². The molecule has 7 heteroatoms. The molecule has 0 spiro atoms. The zero-order valence-electron chi connectivity index (χ0n) is 14.1. The Labute approximate surface area is 145 Å². The minimum atomic E-state index is -0.0388. The van der Waals surface area contributed by atoms with Crippen LogP contribution in [0.3, 0.4) is 0 Å². The van der Waals surface area contributed by atoms with Gasteiger partial charge >= 0.3 is 12.0 Å². The van der Waals surface area contributed by atoms with Gasteiger partial charge in [-0.2, -0.15) is 4.98 Å². The molecule has 7 nitrogen and oxygen atoms in total. The van der Waals surface area contributed by atoms with Gasteiger partial charge in [0.05, 0.1) is 7.11 Å². The van der Waals surface area contributed by atoms with E-state index in [0.717, 1.165) is 19.6 Å². The van der Waals surface area contributed by atoms with E-state index in [1.165, 1.54) is 26.1 Å². The van der Waals surface area contributed by atoms with Gasteiger partial charge in [-0.15, -0.1) is 0 Å². The van der Waals surface area contributed by atoms with Crippen molar-refractivity contribution in [3.63, 3.8) is 0 Å². The molecular formula is C18H21N3O4. The summed E-state index contributed by atoms with van der Waals surface area (Å²) in [6, 6.07) is 7.19. The molecule has 2 aromatic rings. The average molecular weight is 343 g/mol. The highest BCUT2D eigenvalue weighted by molar-refractivity contribution is 5.94. The van der Waals surface area contributed by atoms with Crippen LogP contribution in [-0.2, 0) is 0 Å². The summed E-state index contributed by atoms with van der Waals surface area (Å²) in [5.74, 6) is 1.40. The lowest BCUT2D eigenvalue weighted by Gasteiger charge is -2.44. The summed E-state index contributed by atoms with van der Waals surface area (Å²) >= 11 is 0. The maximum absolute atomic E-state index is 12.5. The van der Waals surface area contributed by atoms with Crippen LogP contribution in [0.1, 0.15) is 23.2 Å². The van der Waals surface area contributed by atoms with E-state index in [0.29, 0.717) is 17.2 Å². The molecule has 3 saturated heterocycles. The van der Waals surface area contributed by atoms with Crippen LogP contribution in [0.5, 0.6) is 17.8 Å². The highest BCUT2D eigenvalue weighted by atomic mass is 16.7. The Morgan fingerprint density at radius 2 is 2.04 bits per heavy atom. The Balaban J connectivity index is 1.37. The fourth-order valence-electron chi connectivity index (χ4n) is 3.54. The van der Waals surface area contributed by atoms with Gasteiger partial charge in [-0.25, -0.2) is 0 Å². The van der Waals surface area contributed by atoms with Crippen molar-refractivity contribution in [1.29, 1.82) is 0 Å². The molecule has 1 atom stereocenters. The van der Waals surface area contributed by atoms with Gasteiger partial charge in [0, 0.05) is 18.2 Å². The summed E-state index contributed by atoms with van der Waals surface area (Å²) in [5.41, 5.74) is 0.619. The van der Waals surface area contributed by atoms with E-state index in [-0.39, 0.29) is 24.0 Å². The normalized spacial score (nSPS) is 24.8. The number of methoxy groups -OCH3 is 1. The highest BCUT2D eigenvalue weighted by Crippen LogP contribution is 2.28. The standard InChI is InChI=1S/C18H21N3O4/c1-23-16-10-19-18(25-16)24-14-4-2-13(3-5-14)17(22)20-15-11-21-8-6-12(15)7-9-21/h2-5,10,12,15H,6-9,11H2,1H3,(H,20,22). The van der Waals surface area contributed by atoms with E-state index in [1.54, 1.807) is 24.3 Å². The van der Waals surface area contributed by atoms with Crippen LogP contribution in [-0.4, -0.2) is 48.6 Å². The number of nitrogens with zero attached hydrogens (tertiary/aromatic N) is 2. The molecule has 5 rings (SSSR count). The number of aromatic nitrogens is 1. The maximum Gasteiger partial charge on any atom is 0.402 e. The van der Waals surface area contributed by atoms with Crippen molar-refractivity contribution in [2.75, 3.05) is 26.7 Å². The van der Waals surface area contributed by atoms with Crippen LogP contribution >= 0.6 is 0 Å². The van der Waals surface area contributed by atoms with Crippen LogP contribution in [0.4, 0.5) is 0 Å². The van der Waals surface area contributed by atoms with Gasteiger partial charge in [0.15, 0.2) is 0 Å². The van der Waals surface area contributed by atoms with Gasteiger partial charge in [-0.3, -0.25) is 4.79 Å². The maximum atomic E-state index is 12.5. The first-order chi connectivity index (χ1) is 12.2. The molecule has 3 aliphatic heterocycles. The second-order valence-corrected chi connectivity index (χ2v) is 6.49. The van der Waals surface area contributed by atoms with Crippen molar-refractivity contribution in [2.45, 2.75) is 18.9 Å². The van der Waals surface area contributed by atoms with Crippen LogP contribution in [0.2, 0.25) is 0 Å². The summed E-state index contributed by atoms with van der Waals surface area (Å²) in [4.78, 5) is 18.8. The number of benzene rings is 1. The zero-order chi connectivity index (χ0) is 17.2. The number of carbonyl (C=O) groups excluding carboxylic acids is 1. The molecule has 0 saturated carbocycles. The van der Waals surface area contributed by atoms with Crippen LogP contribution < -0.4 is 14.8 Å². The van der Waals surface area contributed by atoms with Crippen molar-refractivity contribution in [1.82, 2.24) is 15.2 Å². The predicted molar refractivity (Wildman–Crippen MR) is 90.0 cm³/mol. The van der Waals surface area contributed by atoms with Gasteiger partial charge in [-0.1, -0.05) is 0 Å². The van der Waals surface area contributed by atoms with E-state index in [4.69, 9.17) is 13.9 Å². The summed E-state index contributed by atoms with van der Waals surface area (Å²) in [6.07, 6.45) is 3.89. The van der Waals surface area contributed by atoms with Gasteiger partial charge < -0.3 is 24.1 Å². The van der Waals surface area contributed by atoms with Crippen molar-refractivity contribution in [3.8, 4) is 17.8 Å². The lowest BCUT2D eigenvalue weighted by atomic mass is 9.84. The first-order valence-corrected chi connectivity index (χ1v) is 8.52. The molecule has 1 aromatic carbocycles. The molecule has 0 aliphatic carbocycles. The number of nitrogens with one attached hydrogen (secondary N) is 1. The monoisotopic (exact) mass is 343 g/mol. The number of hydrogen-bond donors (Lipinski definition) is 1. The summed E-state index contributed by atoms with van der Waals surface area (Å²) < 4.78 is 15.6. The second-order valence-electron chi connectivity index (χ2n) is 6.49. The van der Waals surface area contributed by atoms with E-state index < -0.39 is 0 Å². The largest absolute Gasteiger partial charge is 0.467 e. The number of fused-ring (bicyclic) bond motifs is 3. The third-order valence-corrected chi connectivity index (χ3v) is 4.96. The number of ether oxygens (including phenoxy) is 2. The van der Waals surface area contributed by atoms with E-state index in [9.17, 15) is 4.79 Å². The summed E-state index contributed by atoms with van der Waals surface area (Å²) in [5, 5.41) is 3.18. The molecule has 132 valence electrons. The molecule has 1 unspecified atom stereocenters. The Morgan fingerprint density at radius 1 is 1.28 bits per heavy atom. The van der Waals surface area contributed by atoms with Crippen molar-refractivity contribution in [2.24, 2.45) is 5.92 Å². The molecule has 3 aliphatic rings. The Hall–Kier alpha value is -2.54. The molecule has 4 heterocycles. The lowest BCUT2D eigenvalue weighted by Crippen LogP contribution is -2.57. The first-order valence-electron chi connectivity index (χ1n) is 8.52. The van der Waals surface area contributed by atoms with Gasteiger partial charge in [-0.05, 0) is 56.1 Å². The Morgan fingerprint density at radius 3 is 2.64 bits per heavy atom. The third-order valence-electron chi connectivity index (χ3n) is 4.96. The number of carbonyl (C=O) groups is 1. The topological polar surface area (TPSA) is 76.8 Å². The quantitative estimate of drug-likeness (QED) is 0.898. The fraction of sp³-hybridized carbons (Fsp3) is 0.444. The zero-order valence-corrected chi connectivity index (χ0v) is 14.1. The molecule has 1 aromatic heterocycles. The van der Waals surface area contributed by atoms with E-state index >= 15 is 0 Å². The highest BCUT2D eigenvalue weighted by Gasteiger charge is 2.34. The molecule has 1 N–H and O–H groups in total. The lowest BCUT2D eigenvalue weighted by molar-refractivity contribution is 0.0620. The minimum absolute atomic E-state index is 0.0388. The van der Waals surface area contributed by atoms with Gasteiger partial charge in [0.2, 0.25) is 0 Å². The SMILES string of the molecule is COc1cnc(Oc2ccc(C(=O)NC3CN4CCC3CC4)cc2)o1. The number of piperidine rings is 3. The van der Waals surface area contributed by atoms with Crippen LogP contribution in [0.15, 0.2) is 34.9 Å². The number of rotatable bonds is 5. The molecular weight excluding hydrogens is 322 g/mol. The van der Waals surface area contributed by atoms with Gasteiger partial charge in [0.1, 0.15) is 11.9 Å². The second kappa shape index (κ2) is 6.76. The summed E-state index contributed by atoms with van der Waals surface area (Å²) in [6.45, 7) is 3.28. The molecule has 2 bridgehead atoms. The Bertz CT molecular complexity index is 735. The average Bonchev–Trinajstić information content (AvgIpc) is 3.11. The van der Waals surface area contributed by atoms with Crippen molar-refractivity contribution < 1.29 is 18.7 Å². The van der Waals surface area contributed by atoms with Crippen LogP contribution in [0, 0.1) is 5.92 Å². The minimum Gasteiger partial charge on any atom is -0.467 e. The number of amides is 1. The van der Waals surface area contributed by atoms with Crippen LogP contribution in [0.25, 0.3) is 0 Å². The molecule has 0 radical (unpaired) electrons. The van der Waals surface area contributed by atoms with Crippen molar-refractivity contribution in [3.05, 3.63) is 36.0 Å². The third kappa shape index (κ3) is 3.46. The smallest absolute Gasteiger partial charge is 0.402 e. The first kappa shape index (κ1) is 16.0. The summed E-state index contributed by atoms with van der Waals surface area (Å²) in [7, 11) is 1.49. The van der Waals surface area contributed by atoms with Crippen molar-refractivity contribution >= 4 is 5.91 Å². The Kier molecular flexibility index (Phi) is 4.31. The number of hydrogen-bond acceptors (Lipinski definition) is 6. The molecule has 1 amide bonds. The van der Waals surface area contributed by atoms with E-state index in [2.05, 4.69) is 15.2 Å². The number of oxazole rings is 1. The molecule has 25 heavy (non-hydrogen) atoms. The molecule has 3 fully saturated rings.